The lowest BCUT2D eigenvalue weighted by Crippen LogP contribution is -2.32. The summed E-state index contributed by atoms with van der Waals surface area (Å²) in [5.41, 5.74) is 1.02. The zero-order chi connectivity index (χ0) is 16.5. The van der Waals surface area contributed by atoms with Gasteiger partial charge >= 0.3 is 0 Å². The highest BCUT2D eigenvalue weighted by Gasteiger charge is 2.44. The van der Waals surface area contributed by atoms with Gasteiger partial charge in [-0.25, -0.2) is 13.1 Å². The van der Waals surface area contributed by atoms with E-state index in [1.807, 2.05) is 24.3 Å². The van der Waals surface area contributed by atoms with Gasteiger partial charge in [0.05, 0.1) is 12.0 Å². The van der Waals surface area contributed by atoms with E-state index in [9.17, 15) is 8.42 Å². The van der Waals surface area contributed by atoms with Crippen LogP contribution in [0.2, 0.25) is 5.02 Å². The van der Waals surface area contributed by atoms with Crippen molar-refractivity contribution in [2.24, 2.45) is 0 Å². The third-order valence-corrected chi connectivity index (χ3v) is 5.90. The van der Waals surface area contributed by atoms with E-state index in [1.54, 1.807) is 25.3 Å². The maximum Gasteiger partial charge on any atom is 0.240 e. The van der Waals surface area contributed by atoms with Crippen LogP contribution in [0, 0.1) is 0 Å². The minimum atomic E-state index is -3.56. The molecule has 0 aromatic heterocycles. The Labute approximate surface area is 141 Å². The molecule has 0 atom stereocenters. The quantitative estimate of drug-likeness (QED) is 0.868. The van der Waals surface area contributed by atoms with E-state index >= 15 is 0 Å². The lowest BCUT2D eigenvalue weighted by Gasteiger charge is -2.17. The number of hydrogen-bond acceptors (Lipinski definition) is 3. The molecule has 2 aromatic carbocycles. The number of ether oxygens (including phenoxy) is 1. The van der Waals surface area contributed by atoms with Crippen LogP contribution in [0.5, 0.6) is 5.75 Å². The van der Waals surface area contributed by atoms with Gasteiger partial charge in [0.1, 0.15) is 5.75 Å². The molecule has 0 radical (unpaired) electrons. The molecule has 23 heavy (non-hydrogen) atoms. The highest BCUT2D eigenvalue weighted by molar-refractivity contribution is 7.89. The number of rotatable bonds is 6. The molecule has 0 saturated heterocycles. The van der Waals surface area contributed by atoms with Crippen molar-refractivity contribution in [2.75, 3.05) is 13.7 Å². The number of halogens is 1. The topological polar surface area (TPSA) is 55.4 Å². The van der Waals surface area contributed by atoms with Gasteiger partial charge in [0.15, 0.2) is 0 Å². The average Bonchev–Trinajstić information content (AvgIpc) is 3.34. The Morgan fingerprint density at radius 3 is 2.43 bits per heavy atom. The molecule has 1 saturated carbocycles. The van der Waals surface area contributed by atoms with Crippen LogP contribution < -0.4 is 9.46 Å². The molecule has 0 aliphatic heterocycles. The summed E-state index contributed by atoms with van der Waals surface area (Å²) in [6.07, 6.45) is 1.94. The van der Waals surface area contributed by atoms with Crippen molar-refractivity contribution in [3.63, 3.8) is 0 Å². The zero-order valence-corrected chi connectivity index (χ0v) is 14.3. The standard InChI is InChI=1S/C17H18ClNO3S/c1-22-15-7-5-13(6-8-15)17(9-10-17)12-19-23(20,21)16-4-2-3-14(18)11-16/h2-8,11,19H,9-10,12H2,1H3. The summed E-state index contributed by atoms with van der Waals surface area (Å²) >= 11 is 5.87. The molecule has 2 aromatic rings. The molecule has 1 aliphatic carbocycles. The average molecular weight is 352 g/mol. The first-order valence-electron chi connectivity index (χ1n) is 7.35. The maximum atomic E-state index is 12.4. The lowest BCUT2D eigenvalue weighted by molar-refractivity contribution is 0.414. The van der Waals surface area contributed by atoms with E-state index in [0.717, 1.165) is 24.2 Å². The van der Waals surface area contributed by atoms with E-state index in [0.29, 0.717) is 11.6 Å². The number of benzene rings is 2. The predicted molar refractivity (Wildman–Crippen MR) is 90.5 cm³/mol. The van der Waals surface area contributed by atoms with Crippen molar-refractivity contribution in [1.29, 1.82) is 0 Å². The Morgan fingerprint density at radius 1 is 1.17 bits per heavy atom. The third kappa shape index (κ3) is 3.52. The second-order valence-corrected chi connectivity index (χ2v) is 7.99. The van der Waals surface area contributed by atoms with Crippen LogP contribution >= 0.6 is 11.6 Å². The maximum absolute atomic E-state index is 12.4. The van der Waals surface area contributed by atoms with Crippen LogP contribution in [0.4, 0.5) is 0 Å². The number of methoxy groups -OCH3 is 1. The van der Waals surface area contributed by atoms with Gasteiger partial charge in [0.25, 0.3) is 0 Å². The van der Waals surface area contributed by atoms with E-state index in [4.69, 9.17) is 16.3 Å². The normalized spacial score (nSPS) is 16.1. The molecule has 1 fully saturated rings. The van der Waals surface area contributed by atoms with Gasteiger partial charge in [-0.3, -0.25) is 0 Å². The van der Waals surface area contributed by atoms with Crippen molar-refractivity contribution >= 4 is 21.6 Å². The Bertz CT molecular complexity index is 799. The van der Waals surface area contributed by atoms with Crippen LogP contribution in [0.15, 0.2) is 53.4 Å². The van der Waals surface area contributed by atoms with Crippen LogP contribution in [0.1, 0.15) is 18.4 Å². The summed E-state index contributed by atoms with van der Waals surface area (Å²) in [4.78, 5) is 0.190. The van der Waals surface area contributed by atoms with E-state index in [1.165, 1.54) is 6.07 Å². The fraction of sp³-hybridized carbons (Fsp3) is 0.294. The Hall–Kier alpha value is -1.56. The fourth-order valence-corrected chi connectivity index (χ4v) is 4.04. The molecule has 1 N–H and O–H groups in total. The highest BCUT2D eigenvalue weighted by atomic mass is 35.5. The summed E-state index contributed by atoms with van der Waals surface area (Å²) in [6.45, 7) is 0.383. The van der Waals surface area contributed by atoms with Gasteiger partial charge in [0.2, 0.25) is 10.0 Å². The number of nitrogens with one attached hydrogen (secondary N) is 1. The van der Waals surface area contributed by atoms with Gasteiger partial charge < -0.3 is 4.74 Å². The molecule has 0 bridgehead atoms. The molecule has 4 nitrogen and oxygen atoms in total. The van der Waals surface area contributed by atoms with Crippen molar-refractivity contribution in [2.45, 2.75) is 23.2 Å². The van der Waals surface area contributed by atoms with Gasteiger partial charge in [-0.2, -0.15) is 0 Å². The molecule has 6 heteroatoms. The monoisotopic (exact) mass is 351 g/mol. The second kappa shape index (κ2) is 6.15. The lowest BCUT2D eigenvalue weighted by atomic mass is 9.96. The van der Waals surface area contributed by atoms with Crippen molar-refractivity contribution in [3.05, 3.63) is 59.1 Å². The summed E-state index contributed by atoms with van der Waals surface area (Å²) in [5, 5.41) is 0.407. The SMILES string of the molecule is COc1ccc(C2(CNS(=O)(=O)c3cccc(Cl)c3)CC2)cc1. The minimum Gasteiger partial charge on any atom is -0.497 e. The molecular weight excluding hydrogens is 334 g/mol. The second-order valence-electron chi connectivity index (χ2n) is 5.79. The van der Waals surface area contributed by atoms with Crippen LogP contribution in [-0.4, -0.2) is 22.1 Å². The molecular formula is C17H18ClNO3S. The zero-order valence-electron chi connectivity index (χ0n) is 12.8. The molecule has 1 aliphatic rings. The summed E-state index contributed by atoms with van der Waals surface area (Å²) in [5.74, 6) is 0.795. The van der Waals surface area contributed by atoms with Crippen LogP contribution in [0.25, 0.3) is 0 Å². The smallest absolute Gasteiger partial charge is 0.240 e. The molecule has 0 amide bonds. The van der Waals surface area contributed by atoms with Crippen LogP contribution in [0.3, 0.4) is 0 Å². The van der Waals surface area contributed by atoms with E-state index in [-0.39, 0.29) is 10.3 Å². The van der Waals surface area contributed by atoms with Gasteiger partial charge in [-0.1, -0.05) is 29.8 Å². The first-order chi connectivity index (χ1) is 11.0. The molecule has 3 rings (SSSR count). The summed E-state index contributed by atoms with van der Waals surface area (Å²) in [6, 6.07) is 14.1. The van der Waals surface area contributed by atoms with Gasteiger partial charge in [-0.15, -0.1) is 0 Å². The largest absolute Gasteiger partial charge is 0.497 e. The minimum absolute atomic E-state index is 0.113. The van der Waals surface area contributed by atoms with Crippen molar-refractivity contribution in [1.82, 2.24) is 4.72 Å². The number of sulfonamides is 1. The number of hydrogen-bond donors (Lipinski definition) is 1. The predicted octanol–water partition coefficient (Wildman–Crippen LogP) is 3.36. The van der Waals surface area contributed by atoms with Crippen molar-refractivity contribution in [3.8, 4) is 5.75 Å². The van der Waals surface area contributed by atoms with Crippen LogP contribution in [-0.2, 0) is 15.4 Å². The summed E-state index contributed by atoms with van der Waals surface area (Å²) in [7, 11) is -1.93. The Morgan fingerprint density at radius 2 is 1.87 bits per heavy atom. The molecule has 0 heterocycles. The van der Waals surface area contributed by atoms with Crippen molar-refractivity contribution < 1.29 is 13.2 Å². The first-order valence-corrected chi connectivity index (χ1v) is 9.21. The Balaban J connectivity index is 1.74. The third-order valence-electron chi connectivity index (χ3n) is 4.26. The molecule has 0 unspecified atom stereocenters. The fourth-order valence-electron chi connectivity index (χ4n) is 2.61. The van der Waals surface area contributed by atoms with Gasteiger partial charge in [-0.05, 0) is 48.7 Å². The molecule has 122 valence electrons. The highest BCUT2D eigenvalue weighted by Crippen LogP contribution is 2.48. The van der Waals surface area contributed by atoms with Gasteiger partial charge in [0, 0.05) is 17.0 Å². The van der Waals surface area contributed by atoms with E-state index < -0.39 is 10.0 Å². The summed E-state index contributed by atoms with van der Waals surface area (Å²) < 4.78 is 32.7. The first kappa shape index (κ1) is 16.3. The van der Waals surface area contributed by atoms with E-state index in [2.05, 4.69) is 4.72 Å². The Kier molecular flexibility index (Phi) is 4.36. The molecule has 0 spiro atoms.